The molecule has 19 heavy (non-hydrogen) atoms. The molecule has 0 aliphatic carbocycles. The summed E-state index contributed by atoms with van der Waals surface area (Å²) in [5, 5.41) is 12.3. The molecule has 1 saturated heterocycles. The number of nitriles is 1. The summed E-state index contributed by atoms with van der Waals surface area (Å²) in [7, 11) is 1.75. The summed E-state index contributed by atoms with van der Waals surface area (Å²) < 4.78 is 5.10. The first-order valence-electron chi connectivity index (χ1n) is 6.75. The van der Waals surface area contributed by atoms with Gasteiger partial charge in [-0.05, 0) is 30.7 Å². The maximum atomic E-state index is 8.75. The number of likely N-dealkylation sites (tertiary alicyclic amines) is 1. The largest absolute Gasteiger partial charge is 0.383 e. The molecule has 0 aromatic heterocycles. The van der Waals surface area contributed by atoms with Gasteiger partial charge in [0.2, 0.25) is 0 Å². The molecule has 102 valence electrons. The Labute approximate surface area is 115 Å². The summed E-state index contributed by atoms with van der Waals surface area (Å²) in [5.41, 5.74) is 1.95. The molecule has 4 nitrogen and oxygen atoms in total. The van der Waals surface area contributed by atoms with E-state index in [1.54, 1.807) is 7.11 Å². The van der Waals surface area contributed by atoms with Crippen molar-refractivity contribution in [2.45, 2.75) is 19.0 Å². The second-order valence-electron chi connectivity index (χ2n) is 4.97. The highest BCUT2D eigenvalue weighted by Gasteiger charge is 2.21. The SMILES string of the molecule is COCCN1CC[C@@H](NCc2ccc(C#N)cc2)C1. The molecule has 0 amide bonds. The number of benzene rings is 1. The van der Waals surface area contributed by atoms with Crippen molar-refractivity contribution in [1.29, 1.82) is 5.26 Å². The van der Waals surface area contributed by atoms with E-state index in [4.69, 9.17) is 10.00 Å². The minimum Gasteiger partial charge on any atom is -0.383 e. The fourth-order valence-corrected chi connectivity index (χ4v) is 2.38. The lowest BCUT2D eigenvalue weighted by atomic mass is 10.1. The number of nitrogens with zero attached hydrogens (tertiary/aromatic N) is 2. The van der Waals surface area contributed by atoms with E-state index in [1.807, 2.05) is 24.3 Å². The van der Waals surface area contributed by atoms with E-state index >= 15 is 0 Å². The maximum Gasteiger partial charge on any atom is 0.0991 e. The second kappa shape index (κ2) is 7.25. The third-order valence-corrected chi connectivity index (χ3v) is 3.56. The van der Waals surface area contributed by atoms with Crippen molar-refractivity contribution in [1.82, 2.24) is 10.2 Å². The summed E-state index contributed by atoms with van der Waals surface area (Å²) in [6, 6.07) is 10.5. The fourth-order valence-electron chi connectivity index (χ4n) is 2.38. The number of methoxy groups -OCH3 is 1. The zero-order valence-corrected chi connectivity index (χ0v) is 11.4. The molecule has 1 aromatic rings. The number of rotatable bonds is 6. The molecule has 1 fully saturated rings. The Balaban J connectivity index is 1.72. The number of hydrogen-bond acceptors (Lipinski definition) is 4. The van der Waals surface area contributed by atoms with E-state index in [0.717, 1.165) is 38.3 Å². The number of ether oxygens (including phenoxy) is 1. The minimum atomic E-state index is 0.562. The van der Waals surface area contributed by atoms with Gasteiger partial charge in [-0.2, -0.15) is 5.26 Å². The van der Waals surface area contributed by atoms with Crippen LogP contribution in [0, 0.1) is 11.3 Å². The molecule has 2 rings (SSSR count). The number of nitrogens with one attached hydrogen (secondary N) is 1. The van der Waals surface area contributed by atoms with Crippen molar-refractivity contribution in [3.05, 3.63) is 35.4 Å². The van der Waals surface area contributed by atoms with Crippen LogP contribution in [0.3, 0.4) is 0 Å². The minimum absolute atomic E-state index is 0.562. The monoisotopic (exact) mass is 259 g/mol. The normalized spacial score (nSPS) is 19.5. The lowest BCUT2D eigenvalue weighted by Gasteiger charge is -2.16. The van der Waals surface area contributed by atoms with Gasteiger partial charge in [0.05, 0.1) is 18.2 Å². The molecule has 0 saturated carbocycles. The van der Waals surface area contributed by atoms with Crippen LogP contribution in [0.5, 0.6) is 0 Å². The number of hydrogen-bond donors (Lipinski definition) is 1. The molecule has 0 unspecified atom stereocenters. The van der Waals surface area contributed by atoms with Gasteiger partial charge in [0, 0.05) is 32.8 Å². The zero-order chi connectivity index (χ0) is 13.5. The summed E-state index contributed by atoms with van der Waals surface area (Å²) >= 11 is 0. The highest BCUT2D eigenvalue weighted by Crippen LogP contribution is 2.10. The van der Waals surface area contributed by atoms with Gasteiger partial charge in [-0.1, -0.05) is 12.1 Å². The molecule has 1 atom stereocenters. The topological polar surface area (TPSA) is 48.3 Å². The van der Waals surface area contributed by atoms with E-state index in [2.05, 4.69) is 16.3 Å². The first-order chi connectivity index (χ1) is 9.31. The Kier molecular flexibility index (Phi) is 5.34. The fraction of sp³-hybridized carbons (Fsp3) is 0.533. The van der Waals surface area contributed by atoms with Gasteiger partial charge >= 0.3 is 0 Å². The van der Waals surface area contributed by atoms with Gasteiger partial charge in [0.1, 0.15) is 0 Å². The van der Waals surface area contributed by atoms with Gasteiger partial charge in [0.15, 0.2) is 0 Å². The van der Waals surface area contributed by atoms with Crippen LogP contribution in [-0.4, -0.2) is 44.3 Å². The van der Waals surface area contributed by atoms with Gasteiger partial charge in [-0.3, -0.25) is 4.90 Å². The van der Waals surface area contributed by atoms with Crippen LogP contribution in [-0.2, 0) is 11.3 Å². The molecule has 0 bridgehead atoms. The van der Waals surface area contributed by atoms with Crippen molar-refractivity contribution < 1.29 is 4.74 Å². The molecule has 1 aliphatic rings. The van der Waals surface area contributed by atoms with Crippen LogP contribution in [0.15, 0.2) is 24.3 Å². The molecule has 0 radical (unpaired) electrons. The van der Waals surface area contributed by atoms with Gasteiger partial charge < -0.3 is 10.1 Å². The smallest absolute Gasteiger partial charge is 0.0991 e. The van der Waals surface area contributed by atoms with Crippen LogP contribution in [0.2, 0.25) is 0 Å². The lowest BCUT2D eigenvalue weighted by molar-refractivity contribution is 0.159. The summed E-state index contributed by atoms with van der Waals surface area (Å²) in [5.74, 6) is 0. The van der Waals surface area contributed by atoms with Crippen LogP contribution in [0.25, 0.3) is 0 Å². The Morgan fingerprint density at radius 1 is 1.42 bits per heavy atom. The quantitative estimate of drug-likeness (QED) is 0.838. The van der Waals surface area contributed by atoms with Gasteiger partial charge in [-0.25, -0.2) is 0 Å². The van der Waals surface area contributed by atoms with Crippen molar-refractivity contribution in [3.8, 4) is 6.07 Å². The van der Waals surface area contributed by atoms with Crippen LogP contribution < -0.4 is 5.32 Å². The highest BCUT2D eigenvalue weighted by molar-refractivity contribution is 5.31. The van der Waals surface area contributed by atoms with Gasteiger partial charge in [-0.15, -0.1) is 0 Å². The Bertz CT molecular complexity index is 424. The molecule has 4 heteroatoms. The first kappa shape index (κ1) is 14.0. The van der Waals surface area contributed by atoms with E-state index < -0.39 is 0 Å². The van der Waals surface area contributed by atoms with E-state index in [-0.39, 0.29) is 0 Å². The third kappa shape index (κ3) is 4.32. The molecule has 1 heterocycles. The zero-order valence-electron chi connectivity index (χ0n) is 11.4. The molecule has 0 spiro atoms. The van der Waals surface area contributed by atoms with E-state index in [9.17, 15) is 0 Å². The molecule has 1 aliphatic heterocycles. The Morgan fingerprint density at radius 2 is 2.21 bits per heavy atom. The molecule has 1 N–H and O–H groups in total. The van der Waals surface area contributed by atoms with Gasteiger partial charge in [0.25, 0.3) is 0 Å². The summed E-state index contributed by atoms with van der Waals surface area (Å²) in [6.07, 6.45) is 1.19. The predicted molar refractivity (Wildman–Crippen MR) is 74.7 cm³/mol. The highest BCUT2D eigenvalue weighted by atomic mass is 16.5. The Hall–Kier alpha value is -1.41. The summed E-state index contributed by atoms with van der Waals surface area (Å²) in [6.45, 7) is 4.94. The average Bonchev–Trinajstić information content (AvgIpc) is 2.91. The van der Waals surface area contributed by atoms with Crippen LogP contribution in [0.4, 0.5) is 0 Å². The van der Waals surface area contributed by atoms with Crippen molar-refractivity contribution >= 4 is 0 Å². The lowest BCUT2D eigenvalue weighted by Crippen LogP contribution is -2.33. The molecule has 1 aromatic carbocycles. The Morgan fingerprint density at radius 3 is 2.89 bits per heavy atom. The van der Waals surface area contributed by atoms with E-state index in [0.29, 0.717) is 6.04 Å². The van der Waals surface area contributed by atoms with Crippen LogP contribution >= 0.6 is 0 Å². The van der Waals surface area contributed by atoms with Crippen molar-refractivity contribution in [3.63, 3.8) is 0 Å². The average molecular weight is 259 g/mol. The first-order valence-corrected chi connectivity index (χ1v) is 6.75. The van der Waals surface area contributed by atoms with Crippen LogP contribution in [0.1, 0.15) is 17.5 Å². The van der Waals surface area contributed by atoms with E-state index in [1.165, 1.54) is 12.0 Å². The standard InChI is InChI=1S/C15H21N3O/c1-19-9-8-18-7-6-15(12-18)17-11-14-4-2-13(10-16)3-5-14/h2-5,15,17H,6-9,11-12H2,1H3/t15-/m1/s1. The summed E-state index contributed by atoms with van der Waals surface area (Å²) in [4.78, 5) is 2.43. The third-order valence-electron chi connectivity index (χ3n) is 3.56. The molecular weight excluding hydrogens is 238 g/mol. The maximum absolute atomic E-state index is 8.75. The predicted octanol–water partition coefficient (Wildman–Crippen LogP) is 1.37. The second-order valence-corrected chi connectivity index (χ2v) is 4.97. The van der Waals surface area contributed by atoms with Crippen molar-refractivity contribution in [2.24, 2.45) is 0 Å². The molecular formula is C15H21N3O. The van der Waals surface area contributed by atoms with Crippen molar-refractivity contribution in [2.75, 3.05) is 33.4 Å².